The Bertz CT molecular complexity index is 444. The van der Waals surface area contributed by atoms with Gasteiger partial charge in [0.2, 0.25) is 0 Å². The average Bonchev–Trinajstić information content (AvgIpc) is 2.35. The number of halogens is 1. The number of benzene rings is 1. The van der Waals surface area contributed by atoms with Crippen LogP contribution in [0.3, 0.4) is 0 Å². The quantitative estimate of drug-likeness (QED) is 0.888. The summed E-state index contributed by atoms with van der Waals surface area (Å²) < 4.78 is 18.4. The molecule has 1 aromatic rings. The fraction of sp³-hybridized carbons (Fsp3) is 0.462. The number of aliphatic carboxylic acids is 1. The summed E-state index contributed by atoms with van der Waals surface area (Å²) in [6.45, 7) is 3.85. The summed E-state index contributed by atoms with van der Waals surface area (Å²) in [5.74, 6) is -1.23. The molecule has 1 heterocycles. The summed E-state index contributed by atoms with van der Waals surface area (Å²) in [7, 11) is 0. The Morgan fingerprint density at radius 3 is 2.67 bits per heavy atom. The van der Waals surface area contributed by atoms with Crippen molar-refractivity contribution in [1.29, 1.82) is 0 Å². The average molecular weight is 253 g/mol. The lowest BCUT2D eigenvalue weighted by molar-refractivity contribution is -0.145. The smallest absolute Gasteiger partial charge is 0.325 e. The van der Waals surface area contributed by atoms with Gasteiger partial charge in [0.25, 0.3) is 0 Å². The number of nitrogens with zero attached hydrogens (tertiary/aromatic N) is 1. The number of carbonyl (C=O) groups is 1. The van der Waals surface area contributed by atoms with E-state index < -0.39 is 12.0 Å². The maximum absolute atomic E-state index is 13.2. The van der Waals surface area contributed by atoms with Crippen molar-refractivity contribution >= 4 is 5.97 Å². The molecule has 1 N–H and O–H groups in total. The summed E-state index contributed by atoms with van der Waals surface area (Å²) >= 11 is 0. The molecule has 1 unspecified atom stereocenters. The standard InChI is InChI=1S/C13H16FNO3/c1-9-8-10(2-3-11(9)14)12(13(16)17)15-4-6-18-7-5-15/h2-3,8,12H,4-7H2,1H3,(H,16,17). The van der Waals surface area contributed by atoms with E-state index in [1.807, 2.05) is 4.90 Å². The van der Waals surface area contributed by atoms with Gasteiger partial charge in [-0.3, -0.25) is 9.69 Å². The van der Waals surface area contributed by atoms with Crippen molar-refractivity contribution in [1.82, 2.24) is 4.90 Å². The van der Waals surface area contributed by atoms with Crippen LogP contribution in [0.4, 0.5) is 4.39 Å². The Hall–Kier alpha value is -1.46. The van der Waals surface area contributed by atoms with E-state index in [1.165, 1.54) is 12.1 Å². The van der Waals surface area contributed by atoms with Crippen molar-refractivity contribution in [3.05, 3.63) is 35.1 Å². The van der Waals surface area contributed by atoms with E-state index in [-0.39, 0.29) is 5.82 Å². The third kappa shape index (κ3) is 2.68. The monoisotopic (exact) mass is 253 g/mol. The summed E-state index contributed by atoms with van der Waals surface area (Å²) in [4.78, 5) is 13.3. The summed E-state index contributed by atoms with van der Waals surface area (Å²) in [5.41, 5.74) is 1.08. The minimum absolute atomic E-state index is 0.315. The summed E-state index contributed by atoms with van der Waals surface area (Å²) in [6.07, 6.45) is 0. The van der Waals surface area contributed by atoms with Crippen molar-refractivity contribution in [2.45, 2.75) is 13.0 Å². The zero-order valence-electron chi connectivity index (χ0n) is 10.2. The molecule has 0 aromatic heterocycles. The highest BCUT2D eigenvalue weighted by atomic mass is 19.1. The Morgan fingerprint density at radius 1 is 1.44 bits per heavy atom. The molecule has 5 heteroatoms. The van der Waals surface area contributed by atoms with Crippen LogP contribution in [0.25, 0.3) is 0 Å². The number of rotatable bonds is 3. The number of ether oxygens (including phenoxy) is 1. The van der Waals surface area contributed by atoms with Crippen molar-refractivity contribution in [3.63, 3.8) is 0 Å². The van der Waals surface area contributed by atoms with Gasteiger partial charge in [-0.2, -0.15) is 0 Å². The van der Waals surface area contributed by atoms with Gasteiger partial charge in [0.1, 0.15) is 11.9 Å². The number of carboxylic acids is 1. The van der Waals surface area contributed by atoms with Gasteiger partial charge in [-0.25, -0.2) is 4.39 Å². The second-order valence-corrected chi connectivity index (χ2v) is 4.40. The van der Waals surface area contributed by atoms with E-state index in [4.69, 9.17) is 4.74 Å². The first-order valence-electron chi connectivity index (χ1n) is 5.90. The number of morpholine rings is 1. The topological polar surface area (TPSA) is 49.8 Å². The molecule has 1 aliphatic heterocycles. The molecule has 0 bridgehead atoms. The van der Waals surface area contributed by atoms with Gasteiger partial charge in [-0.05, 0) is 24.1 Å². The molecule has 0 saturated carbocycles. The largest absolute Gasteiger partial charge is 0.480 e. The zero-order valence-corrected chi connectivity index (χ0v) is 10.2. The van der Waals surface area contributed by atoms with Crippen LogP contribution in [0.5, 0.6) is 0 Å². The van der Waals surface area contributed by atoms with Gasteiger partial charge in [0, 0.05) is 13.1 Å². The highest BCUT2D eigenvalue weighted by molar-refractivity contribution is 5.75. The van der Waals surface area contributed by atoms with Crippen LogP contribution >= 0.6 is 0 Å². The molecule has 2 rings (SSSR count). The molecule has 0 amide bonds. The number of hydrogen-bond donors (Lipinski definition) is 1. The van der Waals surface area contributed by atoms with E-state index in [1.54, 1.807) is 13.0 Å². The SMILES string of the molecule is Cc1cc(C(C(=O)O)N2CCOCC2)ccc1F. The van der Waals surface area contributed by atoms with Crippen molar-refractivity contribution in [3.8, 4) is 0 Å². The molecule has 1 aliphatic rings. The Labute approximate surface area is 105 Å². The van der Waals surface area contributed by atoms with Gasteiger partial charge in [-0.1, -0.05) is 12.1 Å². The van der Waals surface area contributed by atoms with Gasteiger partial charge in [-0.15, -0.1) is 0 Å². The maximum Gasteiger partial charge on any atom is 0.325 e. The molecule has 1 atom stereocenters. The van der Waals surface area contributed by atoms with Crippen LogP contribution in [0.1, 0.15) is 17.2 Å². The van der Waals surface area contributed by atoms with Gasteiger partial charge in [0.05, 0.1) is 13.2 Å². The molecule has 0 radical (unpaired) electrons. The van der Waals surface area contributed by atoms with E-state index in [0.29, 0.717) is 37.4 Å². The number of aryl methyl sites for hydroxylation is 1. The molecule has 4 nitrogen and oxygen atoms in total. The second-order valence-electron chi connectivity index (χ2n) is 4.40. The third-order valence-corrected chi connectivity index (χ3v) is 3.14. The summed E-state index contributed by atoms with van der Waals surface area (Å²) in [6, 6.07) is 3.73. The first-order chi connectivity index (χ1) is 8.59. The van der Waals surface area contributed by atoms with Gasteiger partial charge >= 0.3 is 5.97 Å². The van der Waals surface area contributed by atoms with Crippen LogP contribution in [-0.4, -0.2) is 42.3 Å². The van der Waals surface area contributed by atoms with E-state index in [9.17, 15) is 14.3 Å². The molecule has 0 aliphatic carbocycles. The molecule has 18 heavy (non-hydrogen) atoms. The first-order valence-corrected chi connectivity index (χ1v) is 5.90. The Balaban J connectivity index is 2.28. The fourth-order valence-electron chi connectivity index (χ4n) is 2.18. The van der Waals surface area contributed by atoms with Crippen molar-refractivity contribution in [2.75, 3.05) is 26.3 Å². The molecule has 98 valence electrons. The molecule has 0 spiro atoms. The number of carboxylic acid groups (broad SMARTS) is 1. The predicted octanol–water partition coefficient (Wildman–Crippen LogP) is 1.59. The van der Waals surface area contributed by atoms with Gasteiger partial charge < -0.3 is 9.84 Å². The van der Waals surface area contributed by atoms with Crippen LogP contribution in [0, 0.1) is 12.7 Å². The van der Waals surface area contributed by atoms with Crippen molar-refractivity contribution in [2.24, 2.45) is 0 Å². The van der Waals surface area contributed by atoms with Gasteiger partial charge in [0.15, 0.2) is 0 Å². The molecule has 1 fully saturated rings. The Morgan fingerprint density at radius 2 is 2.11 bits per heavy atom. The minimum Gasteiger partial charge on any atom is -0.480 e. The second kappa shape index (κ2) is 5.46. The first kappa shape index (κ1) is 13.0. The molecule has 1 aromatic carbocycles. The van der Waals surface area contributed by atoms with Crippen molar-refractivity contribution < 1.29 is 19.0 Å². The lowest BCUT2D eigenvalue weighted by atomic mass is 10.0. The van der Waals surface area contributed by atoms with Crippen LogP contribution < -0.4 is 0 Å². The molecular formula is C13H16FNO3. The normalized spacial score (nSPS) is 18.6. The molecule has 1 saturated heterocycles. The highest BCUT2D eigenvalue weighted by Gasteiger charge is 2.28. The maximum atomic E-state index is 13.2. The van der Waals surface area contributed by atoms with E-state index >= 15 is 0 Å². The van der Waals surface area contributed by atoms with E-state index in [0.717, 1.165) is 0 Å². The van der Waals surface area contributed by atoms with Crippen LogP contribution in [0.2, 0.25) is 0 Å². The lowest BCUT2D eigenvalue weighted by Crippen LogP contribution is -2.42. The minimum atomic E-state index is -0.914. The lowest BCUT2D eigenvalue weighted by Gasteiger charge is -2.32. The van der Waals surface area contributed by atoms with Crippen LogP contribution in [0.15, 0.2) is 18.2 Å². The Kier molecular flexibility index (Phi) is 3.93. The third-order valence-electron chi connectivity index (χ3n) is 3.14. The molecular weight excluding hydrogens is 237 g/mol. The zero-order chi connectivity index (χ0) is 13.1. The van der Waals surface area contributed by atoms with E-state index in [2.05, 4.69) is 0 Å². The number of hydrogen-bond acceptors (Lipinski definition) is 3. The van der Waals surface area contributed by atoms with Crippen LogP contribution in [-0.2, 0) is 9.53 Å². The summed E-state index contributed by atoms with van der Waals surface area (Å²) in [5, 5.41) is 9.36. The predicted molar refractivity (Wildman–Crippen MR) is 63.9 cm³/mol. The highest BCUT2D eigenvalue weighted by Crippen LogP contribution is 2.24. The fourth-order valence-corrected chi connectivity index (χ4v) is 2.18.